The zero-order chi connectivity index (χ0) is 22.7. The summed E-state index contributed by atoms with van der Waals surface area (Å²) in [5.74, 6) is 0.136. The van der Waals surface area contributed by atoms with E-state index in [1.54, 1.807) is 17.7 Å². The summed E-state index contributed by atoms with van der Waals surface area (Å²) >= 11 is 8.90. The lowest BCUT2D eigenvalue weighted by Crippen LogP contribution is -2.25. The highest BCUT2D eigenvalue weighted by Gasteiger charge is 2.14. The topological polar surface area (TPSA) is 81.0 Å². The molecular formula is C22H24BrN5O2S. The Bertz CT molecular complexity index is 1220. The molecule has 1 aromatic heterocycles. The Labute approximate surface area is 194 Å². The Morgan fingerprint density at radius 3 is 2.48 bits per heavy atom. The number of aryl methyl sites for hydroxylation is 3. The summed E-state index contributed by atoms with van der Waals surface area (Å²) in [6, 6.07) is 11.3. The van der Waals surface area contributed by atoms with Gasteiger partial charge in [-0.15, -0.1) is 0 Å². The van der Waals surface area contributed by atoms with E-state index in [4.69, 9.17) is 12.2 Å². The SMILES string of the molecule is Cc1cc(Br)c(NC(=O)Cn2nc(CNC(=O)c3ccccc3C)n(C)c2=S)cc1C. The number of rotatable bonds is 6. The molecule has 0 radical (unpaired) electrons. The first-order valence-electron chi connectivity index (χ1n) is 9.70. The smallest absolute Gasteiger partial charge is 0.251 e. The third-order valence-corrected chi connectivity index (χ3v) is 6.22. The van der Waals surface area contributed by atoms with Gasteiger partial charge in [0.1, 0.15) is 6.54 Å². The molecule has 0 atom stereocenters. The van der Waals surface area contributed by atoms with E-state index in [0.29, 0.717) is 21.8 Å². The van der Waals surface area contributed by atoms with Crippen LogP contribution in [0.1, 0.15) is 32.9 Å². The van der Waals surface area contributed by atoms with Crippen molar-refractivity contribution in [2.24, 2.45) is 7.05 Å². The van der Waals surface area contributed by atoms with Crippen LogP contribution < -0.4 is 10.6 Å². The van der Waals surface area contributed by atoms with Gasteiger partial charge in [-0.1, -0.05) is 18.2 Å². The second-order valence-corrected chi connectivity index (χ2v) is 8.60. The zero-order valence-corrected chi connectivity index (χ0v) is 20.2. The zero-order valence-electron chi connectivity index (χ0n) is 17.8. The molecule has 0 saturated heterocycles. The Morgan fingerprint density at radius 2 is 1.77 bits per heavy atom. The minimum atomic E-state index is -0.242. The predicted molar refractivity (Wildman–Crippen MR) is 127 cm³/mol. The number of carbonyl (C=O) groups is 2. The molecule has 2 aromatic carbocycles. The number of amides is 2. The molecule has 0 aliphatic rings. The number of aromatic nitrogens is 3. The van der Waals surface area contributed by atoms with E-state index in [-0.39, 0.29) is 24.9 Å². The fourth-order valence-electron chi connectivity index (χ4n) is 3.07. The maximum Gasteiger partial charge on any atom is 0.251 e. The van der Waals surface area contributed by atoms with Crippen LogP contribution in [-0.4, -0.2) is 26.2 Å². The van der Waals surface area contributed by atoms with Crippen molar-refractivity contribution in [3.63, 3.8) is 0 Å². The maximum absolute atomic E-state index is 12.6. The Hall–Kier alpha value is -2.78. The molecule has 0 unspecified atom stereocenters. The van der Waals surface area contributed by atoms with Gasteiger partial charge in [-0.2, -0.15) is 5.10 Å². The normalized spacial score (nSPS) is 10.7. The summed E-state index contributed by atoms with van der Waals surface area (Å²) in [5, 5.41) is 10.2. The van der Waals surface area contributed by atoms with E-state index in [0.717, 1.165) is 21.2 Å². The summed E-state index contributed by atoms with van der Waals surface area (Å²) in [5.41, 5.74) is 4.42. The minimum Gasteiger partial charge on any atom is -0.345 e. The van der Waals surface area contributed by atoms with Gasteiger partial charge >= 0.3 is 0 Å². The van der Waals surface area contributed by atoms with Gasteiger partial charge in [-0.05, 0) is 83.8 Å². The molecule has 0 bridgehead atoms. The number of hydrogen-bond donors (Lipinski definition) is 2. The summed E-state index contributed by atoms with van der Waals surface area (Å²) in [4.78, 5) is 25.0. The lowest BCUT2D eigenvalue weighted by molar-refractivity contribution is -0.116. The Morgan fingerprint density at radius 1 is 1.10 bits per heavy atom. The average Bonchev–Trinajstić information content (AvgIpc) is 2.98. The highest BCUT2D eigenvalue weighted by atomic mass is 79.9. The number of halogens is 1. The lowest BCUT2D eigenvalue weighted by atomic mass is 10.1. The molecule has 162 valence electrons. The first-order chi connectivity index (χ1) is 14.7. The fraction of sp³-hybridized carbons (Fsp3) is 0.273. The molecule has 0 spiro atoms. The molecule has 9 heteroatoms. The predicted octanol–water partition coefficient (Wildman–Crippen LogP) is 4.21. The molecule has 3 rings (SSSR count). The van der Waals surface area contributed by atoms with Crippen LogP contribution in [0.3, 0.4) is 0 Å². The second-order valence-electron chi connectivity index (χ2n) is 7.38. The lowest BCUT2D eigenvalue weighted by Gasteiger charge is -2.10. The maximum atomic E-state index is 12.6. The summed E-state index contributed by atoms with van der Waals surface area (Å²) in [7, 11) is 1.76. The highest BCUT2D eigenvalue weighted by molar-refractivity contribution is 9.10. The second kappa shape index (κ2) is 9.57. The Kier molecular flexibility index (Phi) is 7.07. The van der Waals surface area contributed by atoms with Gasteiger partial charge in [0.05, 0.1) is 12.2 Å². The van der Waals surface area contributed by atoms with Crippen LogP contribution in [0.25, 0.3) is 0 Å². The van der Waals surface area contributed by atoms with Crippen molar-refractivity contribution in [1.29, 1.82) is 0 Å². The molecule has 2 amide bonds. The third kappa shape index (κ3) is 5.29. The highest BCUT2D eigenvalue weighted by Crippen LogP contribution is 2.26. The van der Waals surface area contributed by atoms with E-state index in [9.17, 15) is 9.59 Å². The molecule has 1 heterocycles. The van der Waals surface area contributed by atoms with E-state index >= 15 is 0 Å². The molecule has 3 aromatic rings. The van der Waals surface area contributed by atoms with Crippen molar-refractivity contribution < 1.29 is 9.59 Å². The fourth-order valence-corrected chi connectivity index (χ4v) is 3.84. The molecule has 31 heavy (non-hydrogen) atoms. The van der Waals surface area contributed by atoms with Crippen LogP contribution in [0.5, 0.6) is 0 Å². The summed E-state index contributed by atoms with van der Waals surface area (Å²) < 4.78 is 4.35. The van der Waals surface area contributed by atoms with Gasteiger partial charge in [0, 0.05) is 17.1 Å². The first-order valence-corrected chi connectivity index (χ1v) is 10.9. The van der Waals surface area contributed by atoms with Crippen LogP contribution >= 0.6 is 28.1 Å². The van der Waals surface area contributed by atoms with Gasteiger partial charge in [0.2, 0.25) is 5.91 Å². The molecule has 2 N–H and O–H groups in total. The van der Waals surface area contributed by atoms with Crippen molar-refractivity contribution >= 4 is 45.6 Å². The van der Waals surface area contributed by atoms with Gasteiger partial charge < -0.3 is 15.2 Å². The number of nitrogens with zero attached hydrogens (tertiary/aromatic N) is 3. The number of carbonyl (C=O) groups excluding carboxylic acids is 2. The third-order valence-electron chi connectivity index (χ3n) is 5.08. The standard InChI is InChI=1S/C22H24BrN5O2S/c1-13-7-5-6-8-16(13)21(30)24-11-19-26-28(22(31)27(19)4)12-20(29)25-18-10-15(3)14(2)9-17(18)23/h5-10H,11-12H2,1-4H3,(H,24,30)(H,25,29). The van der Waals surface area contributed by atoms with Gasteiger partial charge in [0.25, 0.3) is 5.91 Å². The van der Waals surface area contributed by atoms with Crippen molar-refractivity contribution in [3.8, 4) is 0 Å². The van der Waals surface area contributed by atoms with Crippen LogP contribution in [-0.2, 0) is 24.9 Å². The monoisotopic (exact) mass is 501 g/mol. The van der Waals surface area contributed by atoms with Gasteiger partial charge in [-0.25, -0.2) is 4.68 Å². The summed E-state index contributed by atoms with van der Waals surface area (Å²) in [6.07, 6.45) is 0. The minimum absolute atomic E-state index is 0.0300. The first kappa shape index (κ1) is 22.9. The van der Waals surface area contributed by atoms with Crippen LogP contribution in [0.2, 0.25) is 0 Å². The molecule has 0 aliphatic heterocycles. The van der Waals surface area contributed by atoms with Crippen molar-refractivity contribution in [2.75, 3.05) is 5.32 Å². The number of benzene rings is 2. The molecule has 0 saturated carbocycles. The largest absolute Gasteiger partial charge is 0.345 e. The van der Waals surface area contributed by atoms with Crippen LogP contribution in [0.4, 0.5) is 5.69 Å². The van der Waals surface area contributed by atoms with Gasteiger partial charge in [0.15, 0.2) is 10.6 Å². The van der Waals surface area contributed by atoms with Crippen molar-refractivity contribution in [2.45, 2.75) is 33.9 Å². The van der Waals surface area contributed by atoms with Crippen LogP contribution in [0.15, 0.2) is 40.9 Å². The van der Waals surface area contributed by atoms with E-state index in [1.165, 1.54) is 4.68 Å². The number of nitrogens with one attached hydrogen (secondary N) is 2. The number of hydrogen-bond acceptors (Lipinski definition) is 4. The van der Waals surface area contributed by atoms with Crippen molar-refractivity contribution in [3.05, 3.63) is 73.7 Å². The van der Waals surface area contributed by atoms with Crippen LogP contribution in [0, 0.1) is 25.5 Å². The molecular weight excluding hydrogens is 478 g/mol. The quantitative estimate of drug-likeness (QED) is 0.495. The molecule has 0 aliphatic carbocycles. The Balaban J connectivity index is 1.69. The average molecular weight is 502 g/mol. The van der Waals surface area contributed by atoms with E-state index in [2.05, 4.69) is 31.7 Å². The van der Waals surface area contributed by atoms with Gasteiger partial charge in [-0.3, -0.25) is 9.59 Å². The number of anilines is 1. The van der Waals surface area contributed by atoms with E-state index in [1.807, 2.05) is 51.1 Å². The molecule has 7 nitrogen and oxygen atoms in total. The summed E-state index contributed by atoms with van der Waals surface area (Å²) in [6.45, 7) is 6.06. The molecule has 0 fully saturated rings. The van der Waals surface area contributed by atoms with E-state index < -0.39 is 0 Å². The van der Waals surface area contributed by atoms with Crippen molar-refractivity contribution in [1.82, 2.24) is 19.7 Å².